The monoisotopic (exact) mass is 252 g/mol. The molecule has 0 radical (unpaired) electrons. The lowest BCUT2D eigenvalue weighted by atomic mass is 9.89. The highest BCUT2D eigenvalue weighted by Gasteiger charge is 2.35. The minimum Gasteiger partial charge on any atom is -0.497 e. The van der Waals surface area contributed by atoms with Gasteiger partial charge in [0.25, 0.3) is 0 Å². The molecule has 92 valence electrons. The Morgan fingerprint density at radius 2 is 1.94 bits per heavy atom. The van der Waals surface area contributed by atoms with Gasteiger partial charge in [0.2, 0.25) is 0 Å². The van der Waals surface area contributed by atoms with Gasteiger partial charge in [-0.25, -0.2) is 0 Å². The summed E-state index contributed by atoms with van der Waals surface area (Å²) < 4.78 is 9.98. The van der Waals surface area contributed by atoms with Crippen LogP contribution in [0.5, 0.6) is 5.75 Å². The fourth-order valence-electron chi connectivity index (χ4n) is 2.12. The predicted octanol–water partition coefficient (Wildman–Crippen LogP) is 2.31. The summed E-state index contributed by atoms with van der Waals surface area (Å²) in [6, 6.07) is 7.94. The van der Waals surface area contributed by atoms with Crippen LogP contribution >= 0.6 is 11.8 Å². The maximum absolute atomic E-state index is 11.7. The number of methoxy groups -OCH3 is 2. The standard InChI is InChI=1S/C13H16O3S/c1-15-10-5-3-9(4-6-10)11-7-17-8-12(11)13(14)16-2/h3-6,11-12H,7-8H2,1-2H3/t11-,12-/m1/s1. The van der Waals surface area contributed by atoms with Crippen LogP contribution in [0.3, 0.4) is 0 Å². The number of thioether (sulfide) groups is 1. The number of benzene rings is 1. The van der Waals surface area contributed by atoms with Gasteiger partial charge in [0.15, 0.2) is 0 Å². The van der Waals surface area contributed by atoms with Gasteiger partial charge in [-0.3, -0.25) is 4.79 Å². The zero-order valence-corrected chi connectivity index (χ0v) is 10.8. The Hall–Kier alpha value is -1.16. The summed E-state index contributed by atoms with van der Waals surface area (Å²) in [5, 5.41) is 0. The van der Waals surface area contributed by atoms with Crippen molar-refractivity contribution < 1.29 is 14.3 Å². The Kier molecular flexibility index (Phi) is 3.94. The number of carbonyl (C=O) groups excluding carboxylic acids is 1. The molecule has 1 aromatic carbocycles. The van der Waals surface area contributed by atoms with Crippen molar-refractivity contribution in [2.24, 2.45) is 5.92 Å². The van der Waals surface area contributed by atoms with Crippen molar-refractivity contribution in [1.29, 1.82) is 0 Å². The van der Waals surface area contributed by atoms with Crippen LogP contribution in [0.25, 0.3) is 0 Å². The van der Waals surface area contributed by atoms with Crippen molar-refractivity contribution in [2.45, 2.75) is 5.92 Å². The molecule has 0 unspecified atom stereocenters. The molecule has 0 spiro atoms. The molecule has 0 amide bonds. The molecular formula is C13H16O3S. The molecule has 0 aromatic heterocycles. The van der Waals surface area contributed by atoms with E-state index in [0.29, 0.717) is 0 Å². The summed E-state index contributed by atoms with van der Waals surface area (Å²) in [5.41, 5.74) is 1.19. The van der Waals surface area contributed by atoms with Gasteiger partial charge >= 0.3 is 5.97 Å². The first kappa shape index (κ1) is 12.3. The fraction of sp³-hybridized carbons (Fsp3) is 0.462. The van der Waals surface area contributed by atoms with Crippen molar-refractivity contribution in [3.63, 3.8) is 0 Å². The first-order chi connectivity index (χ1) is 8.26. The molecule has 1 heterocycles. The third-order valence-corrected chi connectivity index (χ3v) is 4.32. The molecule has 2 rings (SSSR count). The summed E-state index contributed by atoms with van der Waals surface area (Å²) in [7, 11) is 3.11. The van der Waals surface area contributed by atoms with Gasteiger partial charge in [0.1, 0.15) is 5.75 Å². The lowest BCUT2D eigenvalue weighted by molar-refractivity contribution is -0.145. The predicted molar refractivity (Wildman–Crippen MR) is 68.6 cm³/mol. The molecule has 3 nitrogen and oxygen atoms in total. The van der Waals surface area contributed by atoms with Crippen LogP contribution < -0.4 is 4.74 Å². The Bertz CT molecular complexity index is 388. The lowest BCUT2D eigenvalue weighted by Gasteiger charge is -2.17. The average Bonchev–Trinajstić information content (AvgIpc) is 2.87. The van der Waals surface area contributed by atoms with Crippen molar-refractivity contribution >= 4 is 17.7 Å². The van der Waals surface area contributed by atoms with Crippen LogP contribution in [0.1, 0.15) is 11.5 Å². The van der Waals surface area contributed by atoms with Crippen LogP contribution in [0.4, 0.5) is 0 Å². The molecule has 1 fully saturated rings. The van der Waals surface area contributed by atoms with E-state index in [1.54, 1.807) is 18.9 Å². The molecule has 1 aromatic rings. The molecule has 0 aliphatic carbocycles. The van der Waals surface area contributed by atoms with Crippen LogP contribution in [0.2, 0.25) is 0 Å². The SMILES string of the molecule is COC(=O)[C@@H]1CSC[C@@H]1c1ccc(OC)cc1. The first-order valence-corrected chi connectivity index (χ1v) is 6.71. The molecular weight excluding hydrogens is 236 g/mol. The number of hydrogen-bond donors (Lipinski definition) is 0. The average molecular weight is 252 g/mol. The van der Waals surface area contributed by atoms with Gasteiger partial charge in [-0.15, -0.1) is 0 Å². The summed E-state index contributed by atoms with van der Waals surface area (Å²) in [5.74, 6) is 2.82. The maximum Gasteiger partial charge on any atom is 0.310 e. The Morgan fingerprint density at radius 3 is 2.53 bits per heavy atom. The topological polar surface area (TPSA) is 35.5 Å². The van der Waals surface area contributed by atoms with E-state index in [9.17, 15) is 4.79 Å². The smallest absolute Gasteiger partial charge is 0.310 e. The minimum absolute atomic E-state index is 0.0154. The second-order valence-electron chi connectivity index (χ2n) is 4.05. The van der Waals surface area contributed by atoms with E-state index in [1.807, 2.05) is 24.3 Å². The van der Waals surface area contributed by atoms with Gasteiger partial charge in [-0.05, 0) is 17.7 Å². The van der Waals surface area contributed by atoms with Crippen LogP contribution in [-0.2, 0) is 9.53 Å². The molecule has 4 heteroatoms. The summed E-state index contributed by atoms with van der Waals surface area (Å²) >= 11 is 1.81. The van der Waals surface area contributed by atoms with Crippen molar-refractivity contribution in [3.05, 3.63) is 29.8 Å². The van der Waals surface area contributed by atoms with E-state index in [2.05, 4.69) is 0 Å². The van der Waals surface area contributed by atoms with Crippen molar-refractivity contribution in [1.82, 2.24) is 0 Å². The van der Waals surface area contributed by atoms with Crippen LogP contribution in [0.15, 0.2) is 24.3 Å². The first-order valence-electron chi connectivity index (χ1n) is 5.55. The Balaban J connectivity index is 2.17. The Morgan fingerprint density at radius 1 is 1.24 bits per heavy atom. The summed E-state index contributed by atoms with van der Waals surface area (Å²) in [6.45, 7) is 0. The minimum atomic E-state index is -0.101. The summed E-state index contributed by atoms with van der Waals surface area (Å²) in [4.78, 5) is 11.7. The van der Waals surface area contributed by atoms with Gasteiger partial charge in [0.05, 0.1) is 20.1 Å². The normalized spacial score (nSPS) is 23.4. The van der Waals surface area contributed by atoms with Crippen molar-refractivity contribution in [3.8, 4) is 5.75 Å². The second kappa shape index (κ2) is 5.45. The quantitative estimate of drug-likeness (QED) is 0.773. The zero-order valence-electron chi connectivity index (χ0n) is 10.0. The van der Waals surface area contributed by atoms with Crippen LogP contribution in [0, 0.1) is 5.92 Å². The van der Waals surface area contributed by atoms with Gasteiger partial charge in [-0.2, -0.15) is 11.8 Å². The largest absolute Gasteiger partial charge is 0.497 e. The van der Waals surface area contributed by atoms with E-state index >= 15 is 0 Å². The van der Waals surface area contributed by atoms with Gasteiger partial charge < -0.3 is 9.47 Å². The number of ether oxygens (including phenoxy) is 2. The lowest BCUT2D eigenvalue weighted by Crippen LogP contribution is -2.22. The molecule has 1 aliphatic rings. The van der Waals surface area contributed by atoms with Gasteiger partial charge in [0, 0.05) is 17.4 Å². The molecule has 2 atom stereocenters. The number of esters is 1. The van der Waals surface area contributed by atoms with E-state index < -0.39 is 0 Å². The van der Waals surface area contributed by atoms with E-state index in [1.165, 1.54) is 12.7 Å². The number of carbonyl (C=O) groups is 1. The molecule has 0 N–H and O–H groups in total. The second-order valence-corrected chi connectivity index (χ2v) is 5.12. The number of hydrogen-bond acceptors (Lipinski definition) is 4. The maximum atomic E-state index is 11.7. The third-order valence-electron chi connectivity index (χ3n) is 3.13. The van der Waals surface area contributed by atoms with Crippen LogP contribution in [-0.4, -0.2) is 31.7 Å². The molecule has 1 saturated heterocycles. The van der Waals surface area contributed by atoms with E-state index in [-0.39, 0.29) is 17.8 Å². The van der Waals surface area contributed by atoms with Gasteiger partial charge in [-0.1, -0.05) is 12.1 Å². The van der Waals surface area contributed by atoms with E-state index in [4.69, 9.17) is 9.47 Å². The molecule has 0 saturated carbocycles. The highest BCUT2D eigenvalue weighted by Crippen LogP contribution is 2.38. The third kappa shape index (κ3) is 2.57. The molecule has 1 aliphatic heterocycles. The zero-order chi connectivity index (χ0) is 12.3. The fourth-order valence-corrected chi connectivity index (χ4v) is 3.55. The molecule has 17 heavy (non-hydrogen) atoms. The highest BCUT2D eigenvalue weighted by molar-refractivity contribution is 7.99. The highest BCUT2D eigenvalue weighted by atomic mass is 32.2. The Labute approximate surface area is 105 Å². The summed E-state index contributed by atoms with van der Waals surface area (Å²) in [6.07, 6.45) is 0. The molecule has 0 bridgehead atoms. The number of rotatable bonds is 3. The van der Waals surface area contributed by atoms with Crippen molar-refractivity contribution in [2.75, 3.05) is 25.7 Å². The van der Waals surface area contributed by atoms with E-state index in [0.717, 1.165) is 17.3 Å².